The van der Waals surface area contributed by atoms with E-state index in [1.807, 2.05) is 19.0 Å². The molecule has 6 nitrogen and oxygen atoms in total. The Morgan fingerprint density at radius 3 is 2.68 bits per heavy atom. The van der Waals surface area contributed by atoms with Crippen molar-refractivity contribution in [2.75, 3.05) is 32.6 Å². The van der Waals surface area contributed by atoms with Crippen LogP contribution in [-0.2, 0) is 9.53 Å². The molecule has 0 atom stereocenters. The number of thiazole rings is 1. The van der Waals surface area contributed by atoms with Gasteiger partial charge in [0, 0.05) is 13.0 Å². The van der Waals surface area contributed by atoms with Gasteiger partial charge in [-0.2, -0.15) is 0 Å². The molecule has 0 saturated carbocycles. The van der Waals surface area contributed by atoms with E-state index in [0.717, 1.165) is 11.3 Å². The fraction of sp³-hybridized carbons (Fsp3) is 0.583. The zero-order valence-corrected chi connectivity index (χ0v) is 12.5. The number of ether oxygens (including phenoxy) is 1. The van der Waals surface area contributed by atoms with Gasteiger partial charge in [-0.25, -0.2) is 9.78 Å². The molecule has 0 spiro atoms. The smallest absolute Gasteiger partial charge is 0.350 e. The number of aryl methyl sites for hydroxylation is 1. The Morgan fingerprint density at radius 2 is 2.11 bits per heavy atom. The fourth-order valence-corrected chi connectivity index (χ4v) is 2.22. The average Bonchev–Trinajstić information content (AvgIpc) is 2.68. The normalized spacial score (nSPS) is 10.6. The summed E-state index contributed by atoms with van der Waals surface area (Å²) in [5.41, 5.74) is 0.575. The highest BCUT2D eigenvalue weighted by Gasteiger charge is 2.17. The van der Waals surface area contributed by atoms with Crippen molar-refractivity contribution in [2.45, 2.75) is 20.3 Å². The predicted octanol–water partition coefficient (Wildman–Crippen LogP) is 1.52. The molecule has 0 bridgehead atoms. The van der Waals surface area contributed by atoms with Crippen LogP contribution in [0.15, 0.2) is 0 Å². The molecule has 1 rings (SSSR count). The topological polar surface area (TPSA) is 71.5 Å². The van der Waals surface area contributed by atoms with Gasteiger partial charge in [-0.3, -0.25) is 4.79 Å². The number of carbonyl (C=O) groups is 2. The van der Waals surface area contributed by atoms with Crippen molar-refractivity contribution in [1.29, 1.82) is 0 Å². The minimum Gasteiger partial charge on any atom is -0.462 e. The quantitative estimate of drug-likeness (QED) is 0.802. The Balaban J connectivity index is 2.63. The lowest BCUT2D eigenvalue weighted by Gasteiger charge is -2.07. The van der Waals surface area contributed by atoms with E-state index in [2.05, 4.69) is 10.3 Å². The molecule has 1 amide bonds. The predicted molar refractivity (Wildman–Crippen MR) is 74.6 cm³/mol. The van der Waals surface area contributed by atoms with Crippen LogP contribution < -0.4 is 5.32 Å². The Labute approximate surface area is 116 Å². The molecule has 1 N–H and O–H groups in total. The number of anilines is 1. The first kappa shape index (κ1) is 15.6. The number of aromatic nitrogens is 1. The highest BCUT2D eigenvalue weighted by Crippen LogP contribution is 2.23. The van der Waals surface area contributed by atoms with Crippen LogP contribution in [0.4, 0.5) is 5.13 Å². The molecule has 0 aliphatic rings. The Hall–Kier alpha value is -1.47. The van der Waals surface area contributed by atoms with Gasteiger partial charge in [0.05, 0.1) is 12.3 Å². The Bertz CT molecular complexity index is 457. The van der Waals surface area contributed by atoms with Crippen molar-refractivity contribution < 1.29 is 14.3 Å². The van der Waals surface area contributed by atoms with Crippen molar-refractivity contribution in [3.63, 3.8) is 0 Å². The van der Waals surface area contributed by atoms with Crippen LogP contribution in [0, 0.1) is 6.92 Å². The Morgan fingerprint density at radius 1 is 1.42 bits per heavy atom. The third-order valence-corrected chi connectivity index (χ3v) is 3.34. The van der Waals surface area contributed by atoms with Crippen LogP contribution in [-0.4, -0.2) is 49.0 Å². The molecule has 0 fully saturated rings. The lowest BCUT2D eigenvalue weighted by Crippen LogP contribution is -2.20. The van der Waals surface area contributed by atoms with Gasteiger partial charge in [-0.05, 0) is 27.9 Å². The first-order valence-electron chi connectivity index (χ1n) is 6.03. The number of nitrogens with one attached hydrogen (secondary N) is 1. The molecular weight excluding hydrogens is 266 g/mol. The fourth-order valence-electron chi connectivity index (χ4n) is 1.34. The number of hydrogen-bond acceptors (Lipinski definition) is 6. The number of carbonyl (C=O) groups excluding carboxylic acids is 2. The highest BCUT2D eigenvalue weighted by atomic mass is 32.1. The van der Waals surface area contributed by atoms with Crippen molar-refractivity contribution in [2.24, 2.45) is 0 Å². The van der Waals surface area contributed by atoms with E-state index in [1.54, 1.807) is 13.8 Å². The van der Waals surface area contributed by atoms with E-state index in [9.17, 15) is 9.59 Å². The summed E-state index contributed by atoms with van der Waals surface area (Å²) >= 11 is 1.14. The number of hydrogen-bond donors (Lipinski definition) is 1. The summed E-state index contributed by atoms with van der Waals surface area (Å²) in [6.07, 6.45) is 0.389. The third kappa shape index (κ3) is 4.96. The van der Waals surface area contributed by atoms with Crippen molar-refractivity contribution in [3.8, 4) is 0 Å². The Kier molecular flexibility index (Phi) is 5.91. The molecule has 0 radical (unpaired) electrons. The third-order valence-electron chi connectivity index (χ3n) is 2.29. The summed E-state index contributed by atoms with van der Waals surface area (Å²) in [7, 11) is 3.80. The molecule has 106 valence electrons. The summed E-state index contributed by atoms with van der Waals surface area (Å²) in [5, 5.41) is 3.12. The second-order valence-corrected chi connectivity index (χ2v) is 5.25. The van der Waals surface area contributed by atoms with Crippen LogP contribution in [0.3, 0.4) is 0 Å². The summed E-state index contributed by atoms with van der Waals surface area (Å²) in [4.78, 5) is 29.8. The first-order chi connectivity index (χ1) is 8.93. The molecule has 0 aliphatic heterocycles. The minimum atomic E-state index is -0.397. The molecule has 19 heavy (non-hydrogen) atoms. The lowest BCUT2D eigenvalue weighted by atomic mass is 10.4. The SMILES string of the molecule is CCOC(=O)c1sc(NC(=O)CCN(C)C)nc1C. The maximum absolute atomic E-state index is 11.6. The lowest BCUT2D eigenvalue weighted by molar-refractivity contribution is -0.116. The minimum absolute atomic E-state index is 0.113. The van der Waals surface area contributed by atoms with E-state index < -0.39 is 5.97 Å². The van der Waals surface area contributed by atoms with Gasteiger partial charge >= 0.3 is 5.97 Å². The summed E-state index contributed by atoms with van der Waals surface area (Å²) < 4.78 is 4.92. The number of rotatable bonds is 6. The van der Waals surface area contributed by atoms with E-state index in [4.69, 9.17) is 4.74 Å². The second kappa shape index (κ2) is 7.20. The van der Waals surface area contributed by atoms with Gasteiger partial charge in [0.15, 0.2) is 5.13 Å². The standard InChI is InChI=1S/C12H19N3O3S/c1-5-18-11(17)10-8(2)13-12(19-10)14-9(16)6-7-15(3)4/h5-7H2,1-4H3,(H,13,14,16). The monoisotopic (exact) mass is 285 g/mol. The molecular formula is C12H19N3O3S. The maximum atomic E-state index is 11.6. The number of amides is 1. The van der Waals surface area contributed by atoms with Crippen LogP contribution in [0.1, 0.15) is 28.7 Å². The number of esters is 1. The molecule has 1 aromatic rings. The summed E-state index contributed by atoms with van der Waals surface area (Å²) in [6, 6.07) is 0. The maximum Gasteiger partial charge on any atom is 0.350 e. The van der Waals surface area contributed by atoms with Crippen molar-refractivity contribution in [1.82, 2.24) is 9.88 Å². The van der Waals surface area contributed by atoms with E-state index in [0.29, 0.717) is 35.3 Å². The van der Waals surface area contributed by atoms with Gasteiger partial charge in [0.1, 0.15) is 4.88 Å². The summed E-state index contributed by atoms with van der Waals surface area (Å²) in [6.45, 7) is 4.46. The average molecular weight is 285 g/mol. The van der Waals surface area contributed by atoms with Crippen molar-refractivity contribution >= 4 is 28.3 Å². The summed E-state index contributed by atoms with van der Waals surface area (Å²) in [5.74, 6) is -0.510. The molecule has 0 aliphatic carbocycles. The molecule has 1 aromatic heterocycles. The zero-order chi connectivity index (χ0) is 14.4. The van der Waals surface area contributed by atoms with Crippen LogP contribution >= 0.6 is 11.3 Å². The van der Waals surface area contributed by atoms with Crippen LogP contribution in [0.5, 0.6) is 0 Å². The first-order valence-corrected chi connectivity index (χ1v) is 6.84. The zero-order valence-electron chi connectivity index (χ0n) is 11.6. The molecule has 0 saturated heterocycles. The van der Waals surface area contributed by atoms with E-state index in [-0.39, 0.29) is 5.91 Å². The van der Waals surface area contributed by atoms with E-state index in [1.165, 1.54) is 0 Å². The van der Waals surface area contributed by atoms with Gasteiger partial charge in [0.25, 0.3) is 0 Å². The molecule has 0 unspecified atom stereocenters. The van der Waals surface area contributed by atoms with Gasteiger partial charge in [0.2, 0.25) is 5.91 Å². The largest absolute Gasteiger partial charge is 0.462 e. The van der Waals surface area contributed by atoms with Crippen LogP contribution in [0.25, 0.3) is 0 Å². The molecule has 0 aromatic carbocycles. The molecule has 7 heteroatoms. The second-order valence-electron chi connectivity index (χ2n) is 4.26. The van der Waals surface area contributed by atoms with Crippen molar-refractivity contribution in [3.05, 3.63) is 10.6 Å². The van der Waals surface area contributed by atoms with Gasteiger partial charge in [-0.15, -0.1) is 0 Å². The molecule has 1 heterocycles. The highest BCUT2D eigenvalue weighted by molar-refractivity contribution is 7.17. The van der Waals surface area contributed by atoms with Gasteiger partial charge in [-0.1, -0.05) is 11.3 Å². The van der Waals surface area contributed by atoms with E-state index >= 15 is 0 Å². The number of nitrogens with zero attached hydrogens (tertiary/aromatic N) is 2. The van der Waals surface area contributed by atoms with Crippen LogP contribution in [0.2, 0.25) is 0 Å². The van der Waals surface area contributed by atoms with Gasteiger partial charge < -0.3 is 15.0 Å².